The Hall–Kier alpha value is -1.79. The molecule has 0 aliphatic heterocycles. The maximum atomic E-state index is 11.9. The number of benzene rings is 2. The van der Waals surface area contributed by atoms with Crippen molar-refractivity contribution in [2.24, 2.45) is 0 Å². The third kappa shape index (κ3) is 5.73. The summed E-state index contributed by atoms with van der Waals surface area (Å²) >= 11 is 0. The van der Waals surface area contributed by atoms with Gasteiger partial charge in [-0.15, -0.1) is 0 Å². The Morgan fingerprint density at radius 2 is 1.57 bits per heavy atom. The lowest BCUT2D eigenvalue weighted by atomic mass is 10.2. The Bertz CT molecular complexity index is 684. The SMILES string of the molecule is CC(C)(C)OC(=O)Nc1ccccc1SSc1ccccc1N. The van der Waals surface area contributed by atoms with E-state index < -0.39 is 11.7 Å². The van der Waals surface area contributed by atoms with Gasteiger partial charge >= 0.3 is 6.09 Å². The number of carbonyl (C=O) groups is 1. The first-order chi connectivity index (χ1) is 10.8. The van der Waals surface area contributed by atoms with Gasteiger partial charge in [-0.1, -0.05) is 45.9 Å². The van der Waals surface area contributed by atoms with Crippen molar-refractivity contribution in [1.29, 1.82) is 0 Å². The minimum absolute atomic E-state index is 0.463. The summed E-state index contributed by atoms with van der Waals surface area (Å²) in [5.41, 5.74) is 6.88. The number of para-hydroxylation sites is 2. The van der Waals surface area contributed by atoms with E-state index in [2.05, 4.69) is 5.32 Å². The van der Waals surface area contributed by atoms with Crippen LogP contribution in [0.3, 0.4) is 0 Å². The fraction of sp³-hybridized carbons (Fsp3) is 0.235. The molecule has 0 aromatic heterocycles. The first-order valence-electron chi connectivity index (χ1n) is 7.13. The van der Waals surface area contributed by atoms with Crippen molar-refractivity contribution in [3.8, 4) is 0 Å². The highest BCUT2D eigenvalue weighted by Crippen LogP contribution is 2.42. The molecule has 23 heavy (non-hydrogen) atoms. The molecule has 6 heteroatoms. The number of nitrogens with one attached hydrogen (secondary N) is 1. The molecule has 0 saturated carbocycles. The number of carbonyl (C=O) groups excluding carboxylic acids is 1. The number of hydrogen-bond acceptors (Lipinski definition) is 5. The van der Waals surface area contributed by atoms with Crippen molar-refractivity contribution >= 4 is 39.1 Å². The molecule has 0 saturated heterocycles. The number of hydrogen-bond donors (Lipinski definition) is 2. The number of nitrogens with two attached hydrogens (primary N) is 1. The zero-order chi connectivity index (χ0) is 16.9. The molecule has 3 N–H and O–H groups in total. The Balaban J connectivity index is 2.06. The number of rotatable bonds is 4. The van der Waals surface area contributed by atoms with Gasteiger partial charge in [-0.25, -0.2) is 4.79 Å². The van der Waals surface area contributed by atoms with Crippen molar-refractivity contribution in [3.05, 3.63) is 48.5 Å². The average molecular weight is 348 g/mol. The van der Waals surface area contributed by atoms with Gasteiger partial charge in [0.05, 0.1) is 5.69 Å². The number of anilines is 2. The molecule has 0 aliphatic carbocycles. The highest BCUT2D eigenvalue weighted by molar-refractivity contribution is 8.76. The summed E-state index contributed by atoms with van der Waals surface area (Å²) in [6, 6.07) is 15.3. The molecule has 0 heterocycles. The molecule has 2 rings (SSSR count). The largest absolute Gasteiger partial charge is 0.444 e. The summed E-state index contributed by atoms with van der Waals surface area (Å²) < 4.78 is 5.29. The van der Waals surface area contributed by atoms with Crippen molar-refractivity contribution < 1.29 is 9.53 Å². The fourth-order valence-electron chi connectivity index (χ4n) is 1.70. The van der Waals surface area contributed by atoms with Crippen LogP contribution in [0, 0.1) is 0 Å². The Labute approximate surface area is 144 Å². The third-order valence-corrected chi connectivity index (χ3v) is 5.16. The van der Waals surface area contributed by atoms with E-state index in [1.165, 1.54) is 0 Å². The van der Waals surface area contributed by atoms with Crippen LogP contribution < -0.4 is 11.1 Å². The standard InChI is InChI=1S/C17H20N2O2S2/c1-17(2,3)21-16(20)19-13-9-5-7-11-15(13)23-22-14-10-6-4-8-12(14)18/h4-11H,18H2,1-3H3,(H,19,20). The molecule has 0 atom stereocenters. The molecule has 2 aromatic rings. The third-order valence-electron chi connectivity index (χ3n) is 2.66. The zero-order valence-corrected chi connectivity index (χ0v) is 15.0. The maximum Gasteiger partial charge on any atom is 0.412 e. The van der Waals surface area contributed by atoms with E-state index in [1.807, 2.05) is 69.3 Å². The van der Waals surface area contributed by atoms with Crippen molar-refractivity contribution in [2.45, 2.75) is 36.2 Å². The minimum atomic E-state index is -0.528. The normalized spacial score (nSPS) is 11.1. The fourth-order valence-corrected chi connectivity index (χ4v) is 3.95. The second kappa shape index (κ2) is 7.66. The second-order valence-electron chi connectivity index (χ2n) is 5.83. The maximum absolute atomic E-state index is 11.9. The smallest absolute Gasteiger partial charge is 0.412 e. The van der Waals surface area contributed by atoms with Crippen LogP contribution in [-0.4, -0.2) is 11.7 Å². The van der Waals surface area contributed by atoms with Crippen LogP contribution in [0.15, 0.2) is 58.3 Å². The Morgan fingerprint density at radius 1 is 1.00 bits per heavy atom. The molecule has 0 spiro atoms. The quantitative estimate of drug-likeness (QED) is 0.571. The molecule has 0 unspecified atom stereocenters. The number of amides is 1. The summed E-state index contributed by atoms with van der Waals surface area (Å²) in [5, 5.41) is 2.79. The summed E-state index contributed by atoms with van der Waals surface area (Å²) in [6.45, 7) is 5.50. The summed E-state index contributed by atoms with van der Waals surface area (Å²) in [4.78, 5) is 13.9. The van der Waals surface area contributed by atoms with Crippen molar-refractivity contribution in [1.82, 2.24) is 0 Å². The van der Waals surface area contributed by atoms with Crippen LogP contribution >= 0.6 is 21.6 Å². The molecule has 4 nitrogen and oxygen atoms in total. The first kappa shape index (κ1) is 17.6. The number of ether oxygens (including phenoxy) is 1. The molecular weight excluding hydrogens is 328 g/mol. The van der Waals surface area contributed by atoms with Crippen LogP contribution in [0.4, 0.5) is 16.2 Å². The van der Waals surface area contributed by atoms with Crippen LogP contribution in [0.2, 0.25) is 0 Å². The number of nitrogen functional groups attached to an aromatic ring is 1. The Kier molecular flexibility index (Phi) is 5.85. The van der Waals surface area contributed by atoms with Crippen LogP contribution in [0.25, 0.3) is 0 Å². The molecule has 0 aliphatic rings. The van der Waals surface area contributed by atoms with Gasteiger partial charge in [0, 0.05) is 15.5 Å². The summed E-state index contributed by atoms with van der Waals surface area (Å²) in [5.74, 6) is 0. The van der Waals surface area contributed by atoms with Gasteiger partial charge in [0.1, 0.15) is 5.60 Å². The molecule has 1 amide bonds. The van der Waals surface area contributed by atoms with E-state index in [-0.39, 0.29) is 0 Å². The van der Waals surface area contributed by atoms with Gasteiger partial charge in [-0.2, -0.15) is 0 Å². The van der Waals surface area contributed by atoms with E-state index in [1.54, 1.807) is 21.6 Å². The topological polar surface area (TPSA) is 64.3 Å². The van der Waals surface area contributed by atoms with Crippen LogP contribution in [0.5, 0.6) is 0 Å². The molecule has 122 valence electrons. The van der Waals surface area contributed by atoms with E-state index in [9.17, 15) is 4.79 Å². The predicted molar refractivity (Wildman–Crippen MR) is 98.9 cm³/mol. The van der Waals surface area contributed by atoms with Gasteiger partial charge in [0.15, 0.2) is 0 Å². The van der Waals surface area contributed by atoms with Crippen molar-refractivity contribution in [3.63, 3.8) is 0 Å². The van der Waals surface area contributed by atoms with Gasteiger partial charge in [0.2, 0.25) is 0 Å². The molecule has 0 radical (unpaired) electrons. The van der Waals surface area contributed by atoms with Gasteiger partial charge < -0.3 is 10.5 Å². The van der Waals surface area contributed by atoms with Gasteiger partial charge in [0.25, 0.3) is 0 Å². The van der Waals surface area contributed by atoms with Crippen molar-refractivity contribution in [2.75, 3.05) is 11.1 Å². The lowest BCUT2D eigenvalue weighted by molar-refractivity contribution is 0.0635. The van der Waals surface area contributed by atoms with E-state index in [0.29, 0.717) is 5.69 Å². The minimum Gasteiger partial charge on any atom is -0.444 e. The summed E-state index contributed by atoms with van der Waals surface area (Å²) in [7, 11) is 3.09. The second-order valence-corrected chi connectivity index (χ2v) is 8.04. The van der Waals surface area contributed by atoms with Gasteiger partial charge in [-0.3, -0.25) is 5.32 Å². The van der Waals surface area contributed by atoms with Crippen LogP contribution in [-0.2, 0) is 4.74 Å². The Morgan fingerprint density at radius 3 is 2.22 bits per heavy atom. The monoisotopic (exact) mass is 348 g/mol. The lowest BCUT2D eigenvalue weighted by Crippen LogP contribution is -2.27. The highest BCUT2D eigenvalue weighted by Gasteiger charge is 2.17. The lowest BCUT2D eigenvalue weighted by Gasteiger charge is -2.20. The molecular formula is C17H20N2O2S2. The van der Waals surface area contributed by atoms with Gasteiger partial charge in [-0.05, 0) is 45.0 Å². The molecule has 0 bridgehead atoms. The van der Waals surface area contributed by atoms with E-state index in [0.717, 1.165) is 15.5 Å². The molecule has 0 fully saturated rings. The zero-order valence-electron chi connectivity index (χ0n) is 13.3. The average Bonchev–Trinajstić information content (AvgIpc) is 2.46. The highest BCUT2D eigenvalue weighted by atomic mass is 33.1. The van der Waals surface area contributed by atoms with Crippen LogP contribution in [0.1, 0.15) is 20.8 Å². The van der Waals surface area contributed by atoms with E-state index >= 15 is 0 Å². The predicted octanol–water partition coefficient (Wildman–Crippen LogP) is 5.42. The van der Waals surface area contributed by atoms with E-state index in [4.69, 9.17) is 10.5 Å². The molecule has 2 aromatic carbocycles. The summed E-state index contributed by atoms with van der Waals surface area (Å²) in [6.07, 6.45) is -0.463. The first-order valence-corrected chi connectivity index (χ1v) is 9.28.